The van der Waals surface area contributed by atoms with Gasteiger partial charge in [-0.2, -0.15) is 5.10 Å². The van der Waals surface area contributed by atoms with Gasteiger partial charge in [-0.1, -0.05) is 20.8 Å². The van der Waals surface area contributed by atoms with Crippen LogP contribution in [-0.4, -0.2) is 19.7 Å². The monoisotopic (exact) mass is 294 g/mol. The molecule has 2 aromatic rings. The van der Waals surface area contributed by atoms with E-state index in [0.717, 1.165) is 21.8 Å². The van der Waals surface area contributed by atoms with Crippen LogP contribution in [0.3, 0.4) is 0 Å². The average molecular weight is 295 g/mol. The Morgan fingerprint density at radius 3 is 2.47 bits per heavy atom. The molecule has 0 saturated carbocycles. The van der Waals surface area contributed by atoms with Crippen molar-refractivity contribution in [3.63, 3.8) is 0 Å². The van der Waals surface area contributed by atoms with Gasteiger partial charge in [-0.3, -0.25) is 4.68 Å². The zero-order valence-electron chi connectivity index (χ0n) is 10.4. The summed E-state index contributed by atoms with van der Waals surface area (Å²) in [4.78, 5) is 9.03. The molecule has 0 radical (unpaired) electrons. The van der Waals surface area contributed by atoms with Crippen LogP contribution >= 0.6 is 15.9 Å². The lowest BCUT2D eigenvalue weighted by molar-refractivity contribution is 0.544. The summed E-state index contributed by atoms with van der Waals surface area (Å²) in [5, 5.41) is 4.16. The molecule has 17 heavy (non-hydrogen) atoms. The van der Waals surface area contributed by atoms with Crippen molar-refractivity contribution in [1.29, 1.82) is 0 Å². The van der Waals surface area contributed by atoms with Gasteiger partial charge in [0.1, 0.15) is 10.4 Å². The second-order valence-electron chi connectivity index (χ2n) is 4.99. The molecule has 0 aliphatic rings. The fourth-order valence-electron chi connectivity index (χ4n) is 1.51. The van der Waals surface area contributed by atoms with Crippen LogP contribution in [0.25, 0.3) is 11.4 Å². The molecule has 0 aliphatic carbocycles. The molecule has 2 aromatic heterocycles. The molecular formula is C12H15BrN4. The molecule has 90 valence electrons. The van der Waals surface area contributed by atoms with Crippen LogP contribution < -0.4 is 0 Å². The minimum Gasteiger partial charge on any atom is -0.266 e. The molecule has 2 heterocycles. The highest BCUT2D eigenvalue weighted by molar-refractivity contribution is 9.10. The highest BCUT2D eigenvalue weighted by Crippen LogP contribution is 2.25. The second-order valence-corrected chi connectivity index (χ2v) is 5.80. The molecule has 2 rings (SSSR count). The van der Waals surface area contributed by atoms with Crippen LogP contribution in [0.2, 0.25) is 0 Å². The van der Waals surface area contributed by atoms with Crippen LogP contribution in [0.15, 0.2) is 22.9 Å². The zero-order chi connectivity index (χ0) is 12.6. The van der Waals surface area contributed by atoms with Crippen LogP contribution in [0.4, 0.5) is 0 Å². The summed E-state index contributed by atoms with van der Waals surface area (Å²) in [5.41, 5.74) is 1.80. The van der Waals surface area contributed by atoms with E-state index in [1.54, 1.807) is 10.9 Å². The first kappa shape index (κ1) is 12.2. The molecular weight excluding hydrogens is 280 g/mol. The van der Waals surface area contributed by atoms with E-state index in [4.69, 9.17) is 0 Å². The molecule has 0 bridgehead atoms. The van der Waals surface area contributed by atoms with E-state index in [1.165, 1.54) is 0 Å². The second kappa shape index (κ2) is 4.22. The normalized spacial score (nSPS) is 11.8. The number of aromatic nitrogens is 4. The van der Waals surface area contributed by atoms with E-state index in [2.05, 4.69) is 51.8 Å². The Kier molecular flexibility index (Phi) is 3.03. The number of nitrogens with zero attached hydrogens (tertiary/aromatic N) is 4. The fraction of sp³-hybridized carbons (Fsp3) is 0.417. The molecule has 0 saturated heterocycles. The van der Waals surface area contributed by atoms with Crippen molar-refractivity contribution in [2.45, 2.75) is 26.2 Å². The largest absolute Gasteiger partial charge is 0.266 e. The first-order valence-electron chi connectivity index (χ1n) is 5.41. The highest BCUT2D eigenvalue weighted by atomic mass is 79.9. The van der Waals surface area contributed by atoms with Gasteiger partial charge >= 0.3 is 0 Å². The predicted octanol–water partition coefficient (Wildman–Crippen LogP) is 2.94. The van der Waals surface area contributed by atoms with E-state index in [1.807, 2.05) is 19.2 Å². The van der Waals surface area contributed by atoms with Gasteiger partial charge in [-0.15, -0.1) is 0 Å². The van der Waals surface area contributed by atoms with Crippen LogP contribution in [0.5, 0.6) is 0 Å². The van der Waals surface area contributed by atoms with Crippen molar-refractivity contribution in [3.05, 3.63) is 28.8 Å². The van der Waals surface area contributed by atoms with E-state index in [9.17, 15) is 0 Å². The summed E-state index contributed by atoms with van der Waals surface area (Å²) < 4.78 is 2.61. The molecule has 0 fully saturated rings. The first-order chi connectivity index (χ1) is 7.88. The third kappa shape index (κ3) is 2.54. The fourth-order valence-corrected chi connectivity index (χ4v) is 1.89. The van der Waals surface area contributed by atoms with Gasteiger partial charge in [0.2, 0.25) is 0 Å². The summed E-state index contributed by atoms with van der Waals surface area (Å²) in [5.74, 6) is 0.822. The van der Waals surface area contributed by atoms with Crippen molar-refractivity contribution in [2.75, 3.05) is 0 Å². The molecule has 4 nitrogen and oxygen atoms in total. The van der Waals surface area contributed by atoms with E-state index >= 15 is 0 Å². The topological polar surface area (TPSA) is 43.6 Å². The molecule has 5 heteroatoms. The number of aryl methyl sites for hydroxylation is 1. The third-order valence-electron chi connectivity index (χ3n) is 2.45. The van der Waals surface area contributed by atoms with Gasteiger partial charge in [0.05, 0.1) is 11.4 Å². The van der Waals surface area contributed by atoms with Crippen molar-refractivity contribution in [2.24, 2.45) is 7.05 Å². The molecule has 0 unspecified atom stereocenters. The minimum absolute atomic E-state index is 0.0723. The Bertz CT molecular complexity index is 540. The van der Waals surface area contributed by atoms with Gasteiger partial charge in [0, 0.05) is 18.7 Å². The number of hydrogen-bond donors (Lipinski definition) is 0. The van der Waals surface area contributed by atoms with E-state index in [0.29, 0.717) is 0 Å². The number of rotatable bonds is 1. The molecule has 0 N–H and O–H groups in total. The maximum Gasteiger partial charge on any atom is 0.135 e. The van der Waals surface area contributed by atoms with Gasteiger partial charge in [0.25, 0.3) is 0 Å². The summed E-state index contributed by atoms with van der Waals surface area (Å²) in [6.45, 7) is 6.30. The van der Waals surface area contributed by atoms with Crippen molar-refractivity contribution in [1.82, 2.24) is 19.7 Å². The Balaban J connectivity index is 2.57. The smallest absolute Gasteiger partial charge is 0.135 e. The molecule has 0 amide bonds. The zero-order valence-corrected chi connectivity index (χ0v) is 12.0. The molecule has 0 aliphatic heterocycles. The number of hydrogen-bond acceptors (Lipinski definition) is 3. The molecule has 0 atom stereocenters. The molecule has 0 spiro atoms. The van der Waals surface area contributed by atoms with E-state index in [-0.39, 0.29) is 5.41 Å². The van der Waals surface area contributed by atoms with Gasteiger partial charge in [-0.05, 0) is 28.1 Å². The maximum absolute atomic E-state index is 4.61. The third-order valence-corrected chi connectivity index (χ3v) is 2.86. The summed E-state index contributed by atoms with van der Waals surface area (Å²) in [6.07, 6.45) is 1.77. The number of halogens is 1. The van der Waals surface area contributed by atoms with Gasteiger partial charge in [0.15, 0.2) is 0 Å². The standard InChI is InChI=1S/C12H15BrN4/c1-12(2,3)11-15-8(7-10(13)16-11)9-5-6-14-17(9)4/h5-7H,1-4H3. The Morgan fingerprint density at radius 1 is 1.24 bits per heavy atom. The van der Waals surface area contributed by atoms with Crippen molar-refractivity contribution in [3.8, 4) is 11.4 Å². The van der Waals surface area contributed by atoms with Crippen molar-refractivity contribution < 1.29 is 0 Å². The highest BCUT2D eigenvalue weighted by Gasteiger charge is 2.19. The predicted molar refractivity (Wildman–Crippen MR) is 70.6 cm³/mol. The Hall–Kier alpha value is -1.23. The van der Waals surface area contributed by atoms with Crippen LogP contribution in [0.1, 0.15) is 26.6 Å². The summed E-state index contributed by atoms with van der Waals surface area (Å²) in [7, 11) is 1.90. The summed E-state index contributed by atoms with van der Waals surface area (Å²) in [6, 6.07) is 3.85. The summed E-state index contributed by atoms with van der Waals surface area (Å²) >= 11 is 3.43. The lowest BCUT2D eigenvalue weighted by Crippen LogP contribution is -2.16. The molecule has 0 aromatic carbocycles. The Labute approximate surface area is 109 Å². The first-order valence-corrected chi connectivity index (χ1v) is 6.20. The minimum atomic E-state index is -0.0723. The van der Waals surface area contributed by atoms with E-state index < -0.39 is 0 Å². The van der Waals surface area contributed by atoms with Gasteiger partial charge < -0.3 is 0 Å². The van der Waals surface area contributed by atoms with Gasteiger partial charge in [-0.25, -0.2) is 9.97 Å². The Morgan fingerprint density at radius 2 is 1.94 bits per heavy atom. The van der Waals surface area contributed by atoms with Crippen LogP contribution in [0, 0.1) is 0 Å². The lowest BCUT2D eigenvalue weighted by atomic mass is 9.95. The lowest BCUT2D eigenvalue weighted by Gasteiger charge is -2.17. The maximum atomic E-state index is 4.61. The van der Waals surface area contributed by atoms with Crippen LogP contribution in [-0.2, 0) is 12.5 Å². The average Bonchev–Trinajstić information content (AvgIpc) is 2.62. The SMILES string of the molecule is Cn1nccc1-c1cc(Br)nc(C(C)(C)C)n1. The quantitative estimate of drug-likeness (QED) is 0.760. The van der Waals surface area contributed by atoms with Crippen molar-refractivity contribution >= 4 is 15.9 Å².